The third-order valence-corrected chi connectivity index (χ3v) is 5.03. The molecule has 0 spiro atoms. The van der Waals surface area contributed by atoms with Gasteiger partial charge in [-0.25, -0.2) is 0 Å². The average Bonchev–Trinajstić information content (AvgIpc) is 2.67. The zero-order valence-corrected chi connectivity index (χ0v) is 15.2. The Kier molecular flexibility index (Phi) is 4.54. The highest BCUT2D eigenvalue weighted by Gasteiger charge is 2.32. The minimum atomic E-state index is -0.479. The molecule has 1 aliphatic rings. The molecule has 4 heteroatoms. The van der Waals surface area contributed by atoms with Gasteiger partial charge in [-0.1, -0.05) is 71.7 Å². The molecule has 4 rings (SSSR count). The SMILES string of the molecule is O=C1/C(=C\c2ccc(Cl)c(Cl)c2)C(c2ccccc2)Oc2ccccc21. The second-order valence-corrected chi connectivity index (χ2v) is 6.82. The molecule has 0 aromatic heterocycles. The van der Waals surface area contributed by atoms with E-state index in [1.54, 1.807) is 18.2 Å². The summed E-state index contributed by atoms with van der Waals surface area (Å²) >= 11 is 12.1. The topological polar surface area (TPSA) is 26.3 Å². The van der Waals surface area contributed by atoms with Gasteiger partial charge in [-0.15, -0.1) is 0 Å². The van der Waals surface area contributed by atoms with Crippen LogP contribution in [0.25, 0.3) is 6.08 Å². The summed E-state index contributed by atoms with van der Waals surface area (Å²) < 4.78 is 6.18. The lowest BCUT2D eigenvalue weighted by Gasteiger charge is -2.28. The first-order valence-corrected chi connectivity index (χ1v) is 8.91. The van der Waals surface area contributed by atoms with Gasteiger partial charge in [0.2, 0.25) is 0 Å². The molecular weight excluding hydrogens is 367 g/mol. The van der Waals surface area contributed by atoms with Gasteiger partial charge in [-0.2, -0.15) is 0 Å². The first-order chi connectivity index (χ1) is 12.6. The summed E-state index contributed by atoms with van der Waals surface area (Å²) in [5.41, 5.74) is 2.84. The smallest absolute Gasteiger partial charge is 0.196 e. The van der Waals surface area contributed by atoms with E-state index in [9.17, 15) is 4.79 Å². The van der Waals surface area contributed by atoms with Gasteiger partial charge in [0, 0.05) is 5.57 Å². The highest BCUT2D eigenvalue weighted by molar-refractivity contribution is 6.42. The van der Waals surface area contributed by atoms with Gasteiger partial charge in [-0.05, 0) is 41.5 Å². The Morgan fingerprint density at radius 1 is 0.846 bits per heavy atom. The molecule has 3 aromatic carbocycles. The summed E-state index contributed by atoms with van der Waals surface area (Å²) in [5, 5.41) is 0.923. The number of rotatable bonds is 2. The number of ketones is 1. The van der Waals surface area contributed by atoms with E-state index < -0.39 is 6.10 Å². The lowest BCUT2D eigenvalue weighted by atomic mass is 9.89. The number of benzene rings is 3. The minimum absolute atomic E-state index is 0.0493. The zero-order chi connectivity index (χ0) is 18.1. The van der Waals surface area contributed by atoms with Crippen molar-refractivity contribution in [2.75, 3.05) is 0 Å². The maximum absolute atomic E-state index is 13.1. The average molecular weight is 381 g/mol. The minimum Gasteiger partial charge on any atom is -0.480 e. The van der Waals surface area contributed by atoms with Crippen molar-refractivity contribution in [3.63, 3.8) is 0 Å². The number of ether oxygens (including phenoxy) is 1. The Bertz CT molecular complexity index is 1010. The van der Waals surface area contributed by atoms with Crippen LogP contribution in [0.15, 0.2) is 78.4 Å². The Hall–Kier alpha value is -2.55. The molecule has 2 nitrogen and oxygen atoms in total. The van der Waals surface area contributed by atoms with Crippen molar-refractivity contribution in [1.29, 1.82) is 0 Å². The Labute approximate surface area is 161 Å². The summed E-state index contributed by atoms with van der Waals surface area (Å²) in [6, 6.07) is 22.3. The summed E-state index contributed by atoms with van der Waals surface area (Å²) in [6.45, 7) is 0. The summed E-state index contributed by atoms with van der Waals surface area (Å²) in [4.78, 5) is 13.1. The number of fused-ring (bicyclic) bond motifs is 1. The van der Waals surface area contributed by atoms with Gasteiger partial charge in [0.05, 0.1) is 15.6 Å². The highest BCUT2D eigenvalue weighted by Crippen LogP contribution is 2.39. The molecule has 0 radical (unpaired) electrons. The van der Waals surface area contributed by atoms with Gasteiger partial charge in [0.1, 0.15) is 5.75 Å². The number of hydrogen-bond donors (Lipinski definition) is 0. The van der Waals surface area contributed by atoms with Crippen molar-refractivity contribution >= 4 is 35.1 Å². The molecular formula is C22H14Cl2O2. The Balaban J connectivity index is 1.86. The normalized spacial score (nSPS) is 17.7. The van der Waals surface area contributed by atoms with Crippen LogP contribution in [0, 0.1) is 0 Å². The molecule has 0 saturated carbocycles. The molecule has 1 heterocycles. The van der Waals surface area contributed by atoms with Crippen LogP contribution in [0.3, 0.4) is 0 Å². The van der Waals surface area contributed by atoms with Crippen molar-refractivity contribution in [1.82, 2.24) is 0 Å². The van der Waals surface area contributed by atoms with Crippen LogP contribution in [-0.2, 0) is 0 Å². The van der Waals surface area contributed by atoms with E-state index in [-0.39, 0.29) is 5.78 Å². The lowest BCUT2D eigenvalue weighted by Crippen LogP contribution is -2.23. The quantitative estimate of drug-likeness (QED) is 0.481. The van der Waals surface area contributed by atoms with Gasteiger partial charge >= 0.3 is 0 Å². The van der Waals surface area contributed by atoms with E-state index >= 15 is 0 Å². The van der Waals surface area contributed by atoms with Gasteiger partial charge in [0.15, 0.2) is 11.9 Å². The van der Waals surface area contributed by atoms with Crippen molar-refractivity contribution in [2.45, 2.75) is 6.10 Å². The number of para-hydroxylation sites is 1. The fourth-order valence-corrected chi connectivity index (χ4v) is 3.33. The summed E-state index contributed by atoms with van der Waals surface area (Å²) in [5.74, 6) is 0.546. The predicted octanol–water partition coefficient (Wildman–Crippen LogP) is 6.39. The van der Waals surface area contributed by atoms with Crippen molar-refractivity contribution in [3.05, 3.63) is 105 Å². The first-order valence-electron chi connectivity index (χ1n) is 8.15. The predicted molar refractivity (Wildman–Crippen MR) is 105 cm³/mol. The molecule has 0 saturated heterocycles. The molecule has 1 unspecified atom stereocenters. The van der Waals surface area contributed by atoms with Crippen LogP contribution in [0.2, 0.25) is 10.0 Å². The molecule has 0 bridgehead atoms. The number of hydrogen-bond acceptors (Lipinski definition) is 2. The molecule has 0 aliphatic carbocycles. The van der Waals surface area contributed by atoms with Crippen molar-refractivity contribution < 1.29 is 9.53 Å². The first kappa shape index (κ1) is 16.9. The summed E-state index contributed by atoms with van der Waals surface area (Å²) in [6.07, 6.45) is 1.34. The molecule has 0 fully saturated rings. The van der Waals surface area contributed by atoms with E-state index in [2.05, 4.69) is 0 Å². The monoisotopic (exact) mass is 380 g/mol. The highest BCUT2D eigenvalue weighted by atomic mass is 35.5. The summed E-state index contributed by atoms with van der Waals surface area (Å²) in [7, 11) is 0. The van der Waals surface area contributed by atoms with Crippen LogP contribution in [0.5, 0.6) is 5.75 Å². The zero-order valence-electron chi connectivity index (χ0n) is 13.7. The van der Waals surface area contributed by atoms with E-state index in [1.807, 2.05) is 60.7 Å². The number of carbonyl (C=O) groups is 1. The fourth-order valence-electron chi connectivity index (χ4n) is 3.02. The van der Waals surface area contributed by atoms with Crippen LogP contribution < -0.4 is 4.74 Å². The molecule has 26 heavy (non-hydrogen) atoms. The van der Waals surface area contributed by atoms with E-state index in [0.29, 0.717) is 26.9 Å². The largest absolute Gasteiger partial charge is 0.480 e. The third kappa shape index (κ3) is 3.14. The van der Waals surface area contributed by atoms with Crippen molar-refractivity contribution in [2.24, 2.45) is 0 Å². The van der Waals surface area contributed by atoms with Gasteiger partial charge < -0.3 is 4.74 Å². The molecule has 0 amide bonds. The number of Topliss-reactive ketones (excluding diaryl/α,β-unsaturated/α-hetero) is 1. The Morgan fingerprint density at radius 3 is 2.35 bits per heavy atom. The number of carbonyl (C=O) groups excluding carboxylic acids is 1. The van der Waals surface area contributed by atoms with Crippen LogP contribution in [0.1, 0.15) is 27.6 Å². The van der Waals surface area contributed by atoms with Crippen LogP contribution >= 0.6 is 23.2 Å². The molecule has 3 aromatic rings. The second kappa shape index (κ2) is 6.99. The molecule has 1 atom stereocenters. The Morgan fingerprint density at radius 2 is 1.58 bits per heavy atom. The second-order valence-electron chi connectivity index (χ2n) is 6.01. The van der Waals surface area contributed by atoms with Crippen LogP contribution in [0.4, 0.5) is 0 Å². The van der Waals surface area contributed by atoms with E-state index in [0.717, 1.165) is 11.1 Å². The molecule has 128 valence electrons. The van der Waals surface area contributed by atoms with E-state index in [4.69, 9.17) is 27.9 Å². The lowest BCUT2D eigenvalue weighted by molar-refractivity contribution is 0.0963. The van der Waals surface area contributed by atoms with Crippen molar-refractivity contribution in [3.8, 4) is 5.75 Å². The fraction of sp³-hybridized carbons (Fsp3) is 0.0455. The number of halogens is 2. The molecule has 1 aliphatic heterocycles. The third-order valence-electron chi connectivity index (χ3n) is 4.29. The molecule has 0 N–H and O–H groups in total. The maximum Gasteiger partial charge on any atom is 0.196 e. The van der Waals surface area contributed by atoms with E-state index in [1.165, 1.54) is 0 Å². The van der Waals surface area contributed by atoms with Gasteiger partial charge in [-0.3, -0.25) is 4.79 Å². The van der Waals surface area contributed by atoms with Gasteiger partial charge in [0.25, 0.3) is 0 Å². The van der Waals surface area contributed by atoms with Crippen LogP contribution in [-0.4, -0.2) is 5.78 Å². The standard InChI is InChI=1S/C22H14Cl2O2/c23-18-11-10-14(13-19(18)24)12-17-21(25)16-8-4-5-9-20(16)26-22(17)15-6-2-1-3-7-15/h1-13,22H/b17-12+. The maximum atomic E-state index is 13.1.